The summed E-state index contributed by atoms with van der Waals surface area (Å²) < 4.78 is 5.40. The number of amides is 2. The number of urea groups is 1. The van der Waals surface area contributed by atoms with E-state index in [9.17, 15) is 4.79 Å². The lowest BCUT2D eigenvalue weighted by atomic mass is 10.3. The van der Waals surface area contributed by atoms with Crippen LogP contribution in [-0.2, 0) is 0 Å². The van der Waals surface area contributed by atoms with Crippen LogP contribution in [0.3, 0.4) is 0 Å². The zero-order chi connectivity index (χ0) is 15.1. The van der Waals surface area contributed by atoms with Crippen LogP contribution in [0.15, 0.2) is 61.2 Å². The van der Waals surface area contributed by atoms with E-state index in [1.807, 2.05) is 6.07 Å². The van der Waals surface area contributed by atoms with Crippen molar-refractivity contribution in [3.05, 3.63) is 66.2 Å². The van der Waals surface area contributed by atoms with Crippen LogP contribution in [0.1, 0.15) is 0 Å². The van der Waals surface area contributed by atoms with Crippen LogP contribution in [0, 0.1) is 0 Å². The first kappa shape index (κ1) is 14.9. The normalized spacial score (nSPS) is 9.76. The second-order valence-electron chi connectivity index (χ2n) is 4.21. The molecule has 0 aliphatic carbocycles. The molecule has 108 valence electrons. The number of rotatable bonds is 5. The number of ether oxygens (including phenoxy) is 1. The Labute approximate surface area is 128 Å². The van der Waals surface area contributed by atoms with Gasteiger partial charge in [-0.1, -0.05) is 30.3 Å². The van der Waals surface area contributed by atoms with E-state index < -0.39 is 0 Å². The molecule has 0 spiro atoms. The largest absolute Gasteiger partial charge is 0.489 e. The van der Waals surface area contributed by atoms with Crippen molar-refractivity contribution in [2.75, 3.05) is 17.2 Å². The monoisotopic (exact) mass is 302 g/mol. The Morgan fingerprint density at radius 3 is 2.57 bits per heavy atom. The number of benzene rings is 2. The first-order valence-electron chi connectivity index (χ1n) is 6.35. The highest BCUT2D eigenvalue weighted by Gasteiger charge is 2.03. The molecule has 0 aromatic heterocycles. The van der Waals surface area contributed by atoms with Gasteiger partial charge in [0.1, 0.15) is 12.4 Å². The molecule has 0 aliphatic rings. The Kier molecular flexibility index (Phi) is 5.23. The van der Waals surface area contributed by atoms with Crippen molar-refractivity contribution in [3.63, 3.8) is 0 Å². The number of halogens is 1. The molecule has 0 heterocycles. The highest BCUT2D eigenvalue weighted by molar-refractivity contribution is 6.30. The van der Waals surface area contributed by atoms with E-state index in [1.54, 1.807) is 48.5 Å². The van der Waals surface area contributed by atoms with Crippen LogP contribution < -0.4 is 15.4 Å². The van der Waals surface area contributed by atoms with Crippen LogP contribution in [-0.4, -0.2) is 12.6 Å². The Bertz CT molecular complexity index is 626. The van der Waals surface area contributed by atoms with Crippen molar-refractivity contribution in [2.24, 2.45) is 0 Å². The maximum atomic E-state index is 11.9. The molecule has 0 fully saturated rings. The Morgan fingerprint density at radius 2 is 1.86 bits per heavy atom. The maximum absolute atomic E-state index is 11.9. The molecule has 2 aromatic carbocycles. The summed E-state index contributed by atoms with van der Waals surface area (Å²) in [5, 5.41) is 6.07. The first-order valence-corrected chi connectivity index (χ1v) is 6.72. The van der Waals surface area contributed by atoms with E-state index in [2.05, 4.69) is 17.2 Å². The second-order valence-corrected chi connectivity index (χ2v) is 4.65. The smallest absolute Gasteiger partial charge is 0.323 e. The summed E-state index contributed by atoms with van der Waals surface area (Å²) in [4.78, 5) is 11.9. The van der Waals surface area contributed by atoms with Gasteiger partial charge in [0.2, 0.25) is 0 Å². The average molecular weight is 303 g/mol. The van der Waals surface area contributed by atoms with Gasteiger partial charge in [-0.2, -0.15) is 0 Å². The molecular weight excluding hydrogens is 288 g/mol. The van der Waals surface area contributed by atoms with Crippen molar-refractivity contribution < 1.29 is 9.53 Å². The number of hydrogen-bond donors (Lipinski definition) is 2. The minimum Gasteiger partial charge on any atom is -0.489 e. The van der Waals surface area contributed by atoms with E-state index in [1.165, 1.54) is 0 Å². The minimum atomic E-state index is -0.335. The molecular formula is C16H15ClN2O2. The lowest BCUT2D eigenvalue weighted by Crippen LogP contribution is -2.19. The minimum absolute atomic E-state index is 0.335. The third-order valence-corrected chi connectivity index (χ3v) is 2.81. The van der Waals surface area contributed by atoms with Gasteiger partial charge in [-0.05, 0) is 36.4 Å². The van der Waals surface area contributed by atoms with Gasteiger partial charge in [0, 0.05) is 22.5 Å². The third-order valence-electron chi connectivity index (χ3n) is 2.56. The molecule has 0 bridgehead atoms. The molecule has 0 atom stereocenters. The molecule has 4 nitrogen and oxygen atoms in total. The van der Waals surface area contributed by atoms with Crippen LogP contribution in [0.5, 0.6) is 5.75 Å². The number of hydrogen-bond acceptors (Lipinski definition) is 2. The van der Waals surface area contributed by atoms with Crippen LogP contribution in [0.4, 0.5) is 16.2 Å². The van der Waals surface area contributed by atoms with E-state index in [4.69, 9.17) is 16.3 Å². The van der Waals surface area contributed by atoms with Gasteiger partial charge in [0.05, 0.1) is 0 Å². The number of nitrogens with one attached hydrogen (secondary N) is 2. The lowest BCUT2D eigenvalue weighted by molar-refractivity contribution is 0.262. The van der Waals surface area contributed by atoms with E-state index in [-0.39, 0.29) is 6.03 Å². The highest BCUT2D eigenvalue weighted by Crippen LogP contribution is 2.18. The summed E-state index contributed by atoms with van der Waals surface area (Å²) in [5.74, 6) is 0.666. The van der Waals surface area contributed by atoms with Crippen LogP contribution >= 0.6 is 11.6 Å². The fourth-order valence-electron chi connectivity index (χ4n) is 1.65. The molecule has 5 heteroatoms. The second kappa shape index (κ2) is 7.36. The van der Waals surface area contributed by atoms with E-state index in [0.717, 1.165) is 0 Å². The van der Waals surface area contributed by atoms with Gasteiger partial charge < -0.3 is 15.4 Å². The van der Waals surface area contributed by atoms with E-state index >= 15 is 0 Å². The van der Waals surface area contributed by atoms with Gasteiger partial charge in [0.15, 0.2) is 0 Å². The molecule has 2 rings (SSSR count). The summed E-state index contributed by atoms with van der Waals surface area (Å²) in [5.41, 5.74) is 1.30. The van der Waals surface area contributed by atoms with Crippen molar-refractivity contribution in [3.8, 4) is 5.75 Å². The zero-order valence-electron chi connectivity index (χ0n) is 11.3. The Hall–Kier alpha value is -2.46. The quantitative estimate of drug-likeness (QED) is 0.796. The summed E-state index contributed by atoms with van der Waals surface area (Å²) in [7, 11) is 0. The summed E-state index contributed by atoms with van der Waals surface area (Å²) in [6, 6.07) is 13.7. The van der Waals surface area contributed by atoms with Gasteiger partial charge in [-0.25, -0.2) is 4.79 Å². The molecule has 2 aromatic rings. The Morgan fingerprint density at radius 1 is 1.14 bits per heavy atom. The van der Waals surface area contributed by atoms with Gasteiger partial charge in [-0.3, -0.25) is 0 Å². The Balaban J connectivity index is 1.95. The lowest BCUT2D eigenvalue weighted by Gasteiger charge is -2.09. The maximum Gasteiger partial charge on any atom is 0.323 e. The van der Waals surface area contributed by atoms with Crippen LogP contribution in [0.25, 0.3) is 0 Å². The molecule has 2 amide bonds. The number of carbonyl (C=O) groups is 1. The fraction of sp³-hybridized carbons (Fsp3) is 0.0625. The molecule has 0 aliphatic heterocycles. The fourth-order valence-corrected chi connectivity index (χ4v) is 1.77. The van der Waals surface area contributed by atoms with Crippen molar-refractivity contribution in [1.82, 2.24) is 0 Å². The van der Waals surface area contributed by atoms with Crippen molar-refractivity contribution in [1.29, 1.82) is 0 Å². The van der Waals surface area contributed by atoms with Crippen LogP contribution in [0.2, 0.25) is 5.02 Å². The predicted molar refractivity (Wildman–Crippen MR) is 86.2 cm³/mol. The summed E-state index contributed by atoms with van der Waals surface area (Å²) >= 11 is 5.79. The highest BCUT2D eigenvalue weighted by atomic mass is 35.5. The first-order chi connectivity index (χ1) is 10.2. The standard InChI is InChI=1S/C16H15ClN2O2/c1-2-10-21-15-5-3-4-14(11-15)19-16(20)18-13-8-6-12(17)7-9-13/h2-9,11H,1,10H2,(H2,18,19,20). The molecule has 0 unspecified atom stereocenters. The third kappa shape index (κ3) is 4.85. The number of anilines is 2. The average Bonchev–Trinajstić information content (AvgIpc) is 2.48. The van der Waals surface area contributed by atoms with Gasteiger partial charge >= 0.3 is 6.03 Å². The molecule has 0 saturated heterocycles. The summed E-state index contributed by atoms with van der Waals surface area (Å²) in [6.07, 6.45) is 1.66. The van der Waals surface area contributed by atoms with Gasteiger partial charge in [-0.15, -0.1) is 0 Å². The predicted octanol–water partition coefficient (Wildman–Crippen LogP) is 4.55. The zero-order valence-corrected chi connectivity index (χ0v) is 12.1. The molecule has 21 heavy (non-hydrogen) atoms. The topological polar surface area (TPSA) is 50.4 Å². The molecule has 0 radical (unpaired) electrons. The molecule has 0 saturated carbocycles. The van der Waals surface area contributed by atoms with Gasteiger partial charge in [0.25, 0.3) is 0 Å². The summed E-state index contributed by atoms with van der Waals surface area (Å²) in [6.45, 7) is 4.00. The van der Waals surface area contributed by atoms with Crippen molar-refractivity contribution in [2.45, 2.75) is 0 Å². The molecule has 2 N–H and O–H groups in total. The van der Waals surface area contributed by atoms with Crippen molar-refractivity contribution >= 4 is 29.0 Å². The SMILES string of the molecule is C=CCOc1cccc(NC(=O)Nc2ccc(Cl)cc2)c1. The number of carbonyl (C=O) groups excluding carboxylic acids is 1. The van der Waals surface area contributed by atoms with E-state index in [0.29, 0.717) is 28.8 Å².